The molecule has 1 N–H and O–H groups in total. The first kappa shape index (κ1) is 11.2. The van der Waals surface area contributed by atoms with Crippen LogP contribution in [0.5, 0.6) is 0 Å². The quantitative estimate of drug-likeness (QED) is 0.688. The second kappa shape index (κ2) is 5.16. The van der Waals surface area contributed by atoms with Gasteiger partial charge in [0.15, 0.2) is 0 Å². The minimum Gasteiger partial charge on any atom is -0.392 e. The molecule has 15 heavy (non-hydrogen) atoms. The van der Waals surface area contributed by atoms with Crippen molar-refractivity contribution in [3.05, 3.63) is 12.2 Å². The van der Waals surface area contributed by atoms with Gasteiger partial charge in [-0.1, -0.05) is 38.3 Å². The number of hydrogen-bond acceptors (Lipinski definition) is 1. The maximum Gasteiger partial charge on any atom is 0.0631 e. The minimum absolute atomic E-state index is 0.0655. The molecule has 0 bridgehead atoms. The van der Waals surface area contributed by atoms with E-state index < -0.39 is 0 Å². The molecule has 0 heterocycles. The number of allylic oxidation sites excluding steroid dienone is 1. The van der Waals surface area contributed by atoms with E-state index in [0.717, 1.165) is 5.92 Å². The lowest BCUT2D eigenvalue weighted by atomic mass is 9.76. The first-order valence-electron chi connectivity index (χ1n) is 6.62. The lowest BCUT2D eigenvalue weighted by Crippen LogP contribution is -2.31. The molecule has 0 aromatic rings. The van der Waals surface area contributed by atoms with Crippen molar-refractivity contribution in [1.29, 1.82) is 0 Å². The van der Waals surface area contributed by atoms with Gasteiger partial charge < -0.3 is 5.11 Å². The Kier molecular flexibility index (Phi) is 3.85. The molecule has 86 valence electrons. The molecule has 1 saturated carbocycles. The van der Waals surface area contributed by atoms with Crippen LogP contribution in [0.15, 0.2) is 12.2 Å². The van der Waals surface area contributed by atoms with Crippen LogP contribution in [0.3, 0.4) is 0 Å². The summed E-state index contributed by atoms with van der Waals surface area (Å²) in [5.41, 5.74) is 0. The third-order valence-corrected chi connectivity index (χ3v) is 4.17. The van der Waals surface area contributed by atoms with Gasteiger partial charge in [-0.05, 0) is 37.5 Å². The minimum atomic E-state index is -0.0655. The Labute approximate surface area is 93.6 Å². The molecule has 3 atom stereocenters. The lowest BCUT2D eigenvalue weighted by Gasteiger charge is -2.33. The average Bonchev–Trinajstić information content (AvgIpc) is 2.29. The van der Waals surface area contributed by atoms with Gasteiger partial charge in [0.25, 0.3) is 0 Å². The summed E-state index contributed by atoms with van der Waals surface area (Å²) in [5.74, 6) is 1.79. The fourth-order valence-corrected chi connectivity index (χ4v) is 3.20. The van der Waals surface area contributed by atoms with Crippen LogP contribution in [-0.2, 0) is 0 Å². The van der Waals surface area contributed by atoms with Crippen LogP contribution in [0.2, 0.25) is 0 Å². The van der Waals surface area contributed by atoms with Gasteiger partial charge in [0, 0.05) is 5.92 Å². The summed E-state index contributed by atoms with van der Waals surface area (Å²) < 4.78 is 0. The number of aliphatic hydroxyl groups is 1. The van der Waals surface area contributed by atoms with E-state index in [4.69, 9.17) is 0 Å². The van der Waals surface area contributed by atoms with Crippen LogP contribution >= 0.6 is 0 Å². The van der Waals surface area contributed by atoms with Gasteiger partial charge in [-0.25, -0.2) is 0 Å². The fourth-order valence-electron chi connectivity index (χ4n) is 3.20. The van der Waals surface area contributed by atoms with Gasteiger partial charge in [-0.15, -0.1) is 0 Å². The zero-order valence-electron chi connectivity index (χ0n) is 9.86. The SMILES string of the molecule is C[C@@H]1CC=C[C@@H]([C@@H](O)C2CCCCC2)C1. The summed E-state index contributed by atoms with van der Waals surface area (Å²) >= 11 is 0. The van der Waals surface area contributed by atoms with Crippen molar-refractivity contribution in [2.75, 3.05) is 0 Å². The van der Waals surface area contributed by atoms with E-state index in [1.165, 1.54) is 44.9 Å². The van der Waals surface area contributed by atoms with Gasteiger partial charge in [0.05, 0.1) is 6.10 Å². The van der Waals surface area contributed by atoms with Crippen LogP contribution in [-0.4, -0.2) is 11.2 Å². The molecule has 0 unspecified atom stereocenters. The molecule has 0 amide bonds. The van der Waals surface area contributed by atoms with E-state index in [1.807, 2.05) is 0 Å². The average molecular weight is 208 g/mol. The first-order chi connectivity index (χ1) is 7.27. The Morgan fingerprint density at radius 1 is 1.20 bits per heavy atom. The Balaban J connectivity index is 1.91. The highest BCUT2D eigenvalue weighted by Crippen LogP contribution is 2.34. The van der Waals surface area contributed by atoms with Crippen molar-refractivity contribution in [3.63, 3.8) is 0 Å². The normalized spacial score (nSPS) is 35.3. The molecule has 0 radical (unpaired) electrons. The number of aliphatic hydroxyl groups excluding tert-OH is 1. The van der Waals surface area contributed by atoms with E-state index in [1.54, 1.807) is 0 Å². The summed E-state index contributed by atoms with van der Waals surface area (Å²) in [6.07, 6.45) is 13.4. The van der Waals surface area contributed by atoms with E-state index in [9.17, 15) is 5.11 Å². The predicted molar refractivity (Wildman–Crippen MR) is 63.6 cm³/mol. The smallest absolute Gasteiger partial charge is 0.0631 e. The highest BCUT2D eigenvalue weighted by molar-refractivity contribution is 4.99. The predicted octanol–water partition coefficient (Wildman–Crippen LogP) is 3.53. The van der Waals surface area contributed by atoms with Crippen molar-refractivity contribution < 1.29 is 5.11 Å². The fraction of sp³-hybridized carbons (Fsp3) is 0.857. The Morgan fingerprint density at radius 3 is 2.60 bits per heavy atom. The van der Waals surface area contributed by atoms with Crippen molar-refractivity contribution in [3.8, 4) is 0 Å². The van der Waals surface area contributed by atoms with Gasteiger partial charge in [-0.3, -0.25) is 0 Å². The van der Waals surface area contributed by atoms with Crippen molar-refractivity contribution in [2.45, 2.75) is 58.0 Å². The van der Waals surface area contributed by atoms with Crippen LogP contribution in [0.25, 0.3) is 0 Å². The van der Waals surface area contributed by atoms with Gasteiger partial charge >= 0.3 is 0 Å². The van der Waals surface area contributed by atoms with Gasteiger partial charge in [0.2, 0.25) is 0 Å². The van der Waals surface area contributed by atoms with E-state index in [2.05, 4.69) is 19.1 Å². The molecule has 1 fully saturated rings. The third-order valence-electron chi connectivity index (χ3n) is 4.17. The molecule has 0 aromatic carbocycles. The van der Waals surface area contributed by atoms with Crippen LogP contribution in [0.4, 0.5) is 0 Å². The Bertz CT molecular complexity index is 215. The van der Waals surface area contributed by atoms with Crippen LogP contribution in [0.1, 0.15) is 51.9 Å². The van der Waals surface area contributed by atoms with E-state index in [0.29, 0.717) is 11.8 Å². The lowest BCUT2D eigenvalue weighted by molar-refractivity contribution is 0.0401. The Hall–Kier alpha value is -0.300. The summed E-state index contributed by atoms with van der Waals surface area (Å²) in [5, 5.41) is 10.4. The van der Waals surface area contributed by atoms with Crippen LogP contribution < -0.4 is 0 Å². The second-order valence-electron chi connectivity index (χ2n) is 5.56. The highest BCUT2D eigenvalue weighted by Gasteiger charge is 2.29. The maximum absolute atomic E-state index is 10.4. The Morgan fingerprint density at radius 2 is 1.93 bits per heavy atom. The monoisotopic (exact) mass is 208 g/mol. The molecule has 0 saturated heterocycles. The topological polar surface area (TPSA) is 20.2 Å². The van der Waals surface area contributed by atoms with E-state index >= 15 is 0 Å². The van der Waals surface area contributed by atoms with Crippen molar-refractivity contribution >= 4 is 0 Å². The number of rotatable bonds is 2. The standard InChI is InChI=1S/C14H24O/c1-11-6-5-9-13(10-11)14(15)12-7-3-2-4-8-12/h5,9,11-15H,2-4,6-8,10H2,1H3/t11-,13-,14+/m1/s1. The molecule has 2 aliphatic carbocycles. The summed E-state index contributed by atoms with van der Waals surface area (Å²) in [6, 6.07) is 0. The number of hydrogen-bond donors (Lipinski definition) is 1. The summed E-state index contributed by atoms with van der Waals surface area (Å²) in [6.45, 7) is 2.30. The van der Waals surface area contributed by atoms with Gasteiger partial charge in [-0.2, -0.15) is 0 Å². The molecule has 1 nitrogen and oxygen atoms in total. The molecular formula is C14H24O. The molecular weight excluding hydrogens is 184 g/mol. The first-order valence-corrected chi connectivity index (χ1v) is 6.62. The van der Waals surface area contributed by atoms with E-state index in [-0.39, 0.29) is 6.10 Å². The zero-order valence-corrected chi connectivity index (χ0v) is 9.86. The summed E-state index contributed by atoms with van der Waals surface area (Å²) in [4.78, 5) is 0. The van der Waals surface area contributed by atoms with Crippen molar-refractivity contribution in [2.24, 2.45) is 17.8 Å². The molecule has 2 rings (SSSR count). The summed E-state index contributed by atoms with van der Waals surface area (Å²) in [7, 11) is 0. The maximum atomic E-state index is 10.4. The molecule has 1 heteroatoms. The van der Waals surface area contributed by atoms with Gasteiger partial charge in [0.1, 0.15) is 0 Å². The van der Waals surface area contributed by atoms with Crippen LogP contribution in [0, 0.1) is 17.8 Å². The highest BCUT2D eigenvalue weighted by atomic mass is 16.3. The zero-order chi connectivity index (χ0) is 10.7. The van der Waals surface area contributed by atoms with Crippen molar-refractivity contribution in [1.82, 2.24) is 0 Å². The molecule has 0 aliphatic heterocycles. The second-order valence-corrected chi connectivity index (χ2v) is 5.56. The largest absolute Gasteiger partial charge is 0.392 e. The molecule has 0 aromatic heterocycles. The molecule has 2 aliphatic rings. The third kappa shape index (κ3) is 2.84. The molecule has 0 spiro atoms.